The van der Waals surface area contributed by atoms with Crippen LogP contribution in [0.3, 0.4) is 0 Å². The van der Waals surface area contributed by atoms with Gasteiger partial charge < -0.3 is 20.9 Å². The Hall–Kier alpha value is -2.09. The van der Waals surface area contributed by atoms with Gasteiger partial charge in [-0.2, -0.15) is 0 Å². The smallest absolute Gasteiger partial charge is 0.231 e. The first-order valence-corrected chi connectivity index (χ1v) is 9.61. The fourth-order valence-corrected chi connectivity index (χ4v) is 5.92. The molecule has 25 heavy (non-hydrogen) atoms. The van der Waals surface area contributed by atoms with Crippen molar-refractivity contribution in [1.82, 2.24) is 0 Å². The molecule has 0 saturated heterocycles. The van der Waals surface area contributed by atoms with Crippen molar-refractivity contribution >= 4 is 9.84 Å². The second kappa shape index (κ2) is 5.45. The number of ether oxygens (including phenoxy) is 2. The monoisotopic (exact) mass is 360 g/mol. The van der Waals surface area contributed by atoms with Crippen LogP contribution in [-0.4, -0.2) is 32.5 Å². The average molecular weight is 360 g/mol. The number of aryl methyl sites for hydroxylation is 1. The third kappa shape index (κ3) is 2.42. The zero-order chi connectivity index (χ0) is 17.8. The molecule has 4 rings (SSSR count). The lowest BCUT2D eigenvalue weighted by atomic mass is 10.1. The Balaban J connectivity index is 1.73. The van der Waals surface area contributed by atoms with Crippen LogP contribution in [0.25, 0.3) is 0 Å². The predicted octanol–water partition coefficient (Wildman–Crippen LogP) is 1.32. The zero-order valence-electron chi connectivity index (χ0n) is 13.8. The SMILES string of the molecule is Cc1ccc(S(=O)(=O)[C@@H]2[C@@H](c3ccc4c(c3)OCO4)[C@@]2(N)CN)cc1. The van der Waals surface area contributed by atoms with Crippen LogP contribution in [0.2, 0.25) is 0 Å². The van der Waals surface area contributed by atoms with Crippen molar-refractivity contribution in [1.29, 1.82) is 0 Å². The maximum absolute atomic E-state index is 13.1. The molecule has 1 heterocycles. The van der Waals surface area contributed by atoms with Crippen LogP contribution in [-0.2, 0) is 9.84 Å². The summed E-state index contributed by atoms with van der Waals surface area (Å²) in [5.41, 5.74) is 13.1. The Bertz CT molecular complexity index is 927. The molecule has 1 saturated carbocycles. The minimum Gasteiger partial charge on any atom is -0.454 e. The van der Waals surface area contributed by atoms with E-state index in [-0.39, 0.29) is 24.2 Å². The van der Waals surface area contributed by atoms with Crippen LogP contribution in [0.15, 0.2) is 47.4 Å². The van der Waals surface area contributed by atoms with E-state index in [0.29, 0.717) is 11.5 Å². The largest absolute Gasteiger partial charge is 0.454 e. The molecule has 0 spiro atoms. The van der Waals surface area contributed by atoms with Gasteiger partial charge in [0.2, 0.25) is 6.79 Å². The molecule has 0 radical (unpaired) electrons. The van der Waals surface area contributed by atoms with E-state index in [1.54, 1.807) is 36.4 Å². The molecule has 0 bridgehead atoms. The van der Waals surface area contributed by atoms with Crippen LogP contribution in [0, 0.1) is 6.92 Å². The van der Waals surface area contributed by atoms with E-state index < -0.39 is 20.6 Å². The van der Waals surface area contributed by atoms with E-state index in [1.807, 2.05) is 13.0 Å². The summed E-state index contributed by atoms with van der Waals surface area (Å²) in [5, 5.41) is -0.756. The van der Waals surface area contributed by atoms with Crippen LogP contribution in [0.1, 0.15) is 17.0 Å². The second-order valence-corrected chi connectivity index (χ2v) is 8.75. The molecule has 0 aromatic heterocycles. The molecule has 0 unspecified atom stereocenters. The van der Waals surface area contributed by atoms with Crippen molar-refractivity contribution in [2.45, 2.75) is 28.5 Å². The maximum Gasteiger partial charge on any atom is 0.231 e. The van der Waals surface area contributed by atoms with Gasteiger partial charge in [0.1, 0.15) is 0 Å². The quantitative estimate of drug-likeness (QED) is 0.852. The summed E-state index contributed by atoms with van der Waals surface area (Å²) >= 11 is 0. The van der Waals surface area contributed by atoms with E-state index in [0.717, 1.165) is 11.1 Å². The molecule has 1 fully saturated rings. The van der Waals surface area contributed by atoms with Crippen molar-refractivity contribution in [3.63, 3.8) is 0 Å². The lowest BCUT2D eigenvalue weighted by Crippen LogP contribution is -2.39. The van der Waals surface area contributed by atoms with Gasteiger partial charge in [-0.1, -0.05) is 23.8 Å². The minimum absolute atomic E-state index is 0.0852. The lowest BCUT2D eigenvalue weighted by molar-refractivity contribution is 0.174. The molecular weight excluding hydrogens is 340 g/mol. The number of fused-ring (bicyclic) bond motifs is 1. The molecule has 0 amide bonds. The van der Waals surface area contributed by atoms with Crippen molar-refractivity contribution in [3.8, 4) is 11.5 Å². The first-order chi connectivity index (χ1) is 11.9. The van der Waals surface area contributed by atoms with Crippen molar-refractivity contribution in [2.75, 3.05) is 13.3 Å². The number of benzene rings is 2. The predicted molar refractivity (Wildman–Crippen MR) is 93.4 cm³/mol. The standard InChI is InChI=1S/C18H20N2O4S/c1-11-2-5-13(6-3-11)25(21,22)17-16(18(17,20)9-19)12-4-7-14-15(8-12)24-10-23-14/h2-8,16-17H,9-10,19-20H2,1H3/t16-,17-,18+/m1/s1. The Kier molecular flexibility index (Phi) is 3.57. The highest BCUT2D eigenvalue weighted by atomic mass is 32.2. The van der Waals surface area contributed by atoms with Crippen molar-refractivity contribution < 1.29 is 17.9 Å². The molecule has 1 aliphatic carbocycles. The van der Waals surface area contributed by atoms with Gasteiger partial charge >= 0.3 is 0 Å². The number of hydrogen-bond donors (Lipinski definition) is 2. The topological polar surface area (TPSA) is 105 Å². The fourth-order valence-electron chi connectivity index (χ4n) is 3.60. The molecule has 7 heteroatoms. The summed E-state index contributed by atoms with van der Waals surface area (Å²) < 4.78 is 36.9. The Labute approximate surface area is 146 Å². The van der Waals surface area contributed by atoms with Crippen LogP contribution in [0.5, 0.6) is 11.5 Å². The number of sulfone groups is 1. The van der Waals surface area contributed by atoms with Gasteiger partial charge in [-0.05, 0) is 36.8 Å². The van der Waals surface area contributed by atoms with E-state index in [2.05, 4.69) is 0 Å². The molecule has 3 atom stereocenters. The van der Waals surface area contributed by atoms with Gasteiger partial charge in [0.25, 0.3) is 0 Å². The van der Waals surface area contributed by atoms with Gasteiger partial charge in [-0.3, -0.25) is 0 Å². The van der Waals surface area contributed by atoms with E-state index in [1.165, 1.54) is 0 Å². The van der Waals surface area contributed by atoms with Crippen LogP contribution < -0.4 is 20.9 Å². The van der Waals surface area contributed by atoms with Gasteiger partial charge in [-0.25, -0.2) is 8.42 Å². The second-order valence-electron chi connectivity index (χ2n) is 6.69. The number of rotatable bonds is 4. The summed E-state index contributed by atoms with van der Waals surface area (Å²) in [6, 6.07) is 12.2. The first kappa shape index (κ1) is 16.4. The Morgan fingerprint density at radius 2 is 1.80 bits per heavy atom. The molecule has 1 aliphatic heterocycles. The normalized spacial score (nSPS) is 27.3. The van der Waals surface area contributed by atoms with E-state index in [4.69, 9.17) is 20.9 Å². The molecule has 2 aromatic carbocycles. The van der Waals surface area contributed by atoms with Crippen LogP contribution >= 0.6 is 0 Å². The summed E-state index contributed by atoms with van der Waals surface area (Å²) in [6.07, 6.45) is 0. The summed E-state index contributed by atoms with van der Waals surface area (Å²) in [4.78, 5) is 0.273. The highest BCUT2D eigenvalue weighted by molar-refractivity contribution is 7.92. The summed E-state index contributed by atoms with van der Waals surface area (Å²) in [5.74, 6) is 0.881. The number of hydrogen-bond acceptors (Lipinski definition) is 6. The van der Waals surface area contributed by atoms with E-state index in [9.17, 15) is 8.42 Å². The first-order valence-electron chi connectivity index (χ1n) is 8.07. The zero-order valence-corrected chi connectivity index (χ0v) is 14.6. The molecule has 4 N–H and O–H groups in total. The molecule has 2 aliphatic rings. The third-order valence-electron chi connectivity index (χ3n) is 5.10. The average Bonchev–Trinajstić information content (AvgIpc) is 2.99. The lowest BCUT2D eigenvalue weighted by Gasteiger charge is -2.09. The fraction of sp³-hybridized carbons (Fsp3) is 0.333. The summed E-state index contributed by atoms with van der Waals surface area (Å²) in [6.45, 7) is 2.16. The van der Waals surface area contributed by atoms with Crippen molar-refractivity contribution in [2.24, 2.45) is 11.5 Å². The minimum atomic E-state index is -3.59. The van der Waals surface area contributed by atoms with Gasteiger partial charge in [0, 0.05) is 12.5 Å². The van der Waals surface area contributed by atoms with Gasteiger partial charge in [0.05, 0.1) is 15.7 Å². The highest BCUT2D eigenvalue weighted by Crippen LogP contribution is 2.56. The number of nitrogens with two attached hydrogens (primary N) is 2. The summed E-state index contributed by atoms with van der Waals surface area (Å²) in [7, 11) is -3.59. The Morgan fingerprint density at radius 3 is 2.48 bits per heavy atom. The molecule has 2 aromatic rings. The molecular formula is C18H20N2O4S. The Morgan fingerprint density at radius 1 is 1.12 bits per heavy atom. The van der Waals surface area contributed by atoms with E-state index >= 15 is 0 Å². The molecule has 132 valence electrons. The molecule has 6 nitrogen and oxygen atoms in total. The van der Waals surface area contributed by atoms with Gasteiger partial charge in [0.15, 0.2) is 21.3 Å². The van der Waals surface area contributed by atoms with Crippen molar-refractivity contribution in [3.05, 3.63) is 53.6 Å². The van der Waals surface area contributed by atoms with Crippen LogP contribution in [0.4, 0.5) is 0 Å². The maximum atomic E-state index is 13.1. The third-order valence-corrected chi connectivity index (χ3v) is 7.40. The van der Waals surface area contributed by atoms with Gasteiger partial charge in [-0.15, -0.1) is 0 Å². The highest BCUT2D eigenvalue weighted by Gasteiger charge is 2.68.